The molecule has 0 saturated carbocycles. The van der Waals surface area contributed by atoms with Gasteiger partial charge in [0.25, 0.3) is 5.91 Å². The van der Waals surface area contributed by atoms with E-state index in [9.17, 15) is 9.59 Å². The maximum Gasteiger partial charge on any atom is 0.340 e. The molecule has 0 radical (unpaired) electrons. The zero-order valence-electron chi connectivity index (χ0n) is 18.1. The summed E-state index contributed by atoms with van der Waals surface area (Å²) in [6.07, 6.45) is 3.79. The van der Waals surface area contributed by atoms with E-state index in [1.165, 1.54) is 0 Å². The summed E-state index contributed by atoms with van der Waals surface area (Å²) < 4.78 is 10.2. The van der Waals surface area contributed by atoms with Gasteiger partial charge >= 0.3 is 5.97 Å². The monoisotopic (exact) mass is 412 g/mol. The molecule has 6 nitrogen and oxygen atoms in total. The normalized spacial score (nSPS) is 10.5. The van der Waals surface area contributed by atoms with Crippen LogP contribution in [0.4, 0.5) is 11.4 Å². The molecule has 0 aromatic heterocycles. The summed E-state index contributed by atoms with van der Waals surface area (Å²) in [6, 6.07) is 12.8. The molecular weight excluding hydrogens is 380 g/mol. The Labute approximate surface area is 179 Å². The van der Waals surface area contributed by atoms with Crippen molar-refractivity contribution in [2.45, 2.75) is 39.5 Å². The Bertz CT molecular complexity index is 836. The number of carbonyl (C=O) groups excluding carboxylic acids is 2. The predicted molar refractivity (Wildman–Crippen MR) is 120 cm³/mol. The molecule has 2 N–H and O–H groups in total. The second kappa shape index (κ2) is 12.6. The summed E-state index contributed by atoms with van der Waals surface area (Å²) in [6.45, 7) is 5.61. The second-order valence-electron chi connectivity index (χ2n) is 6.98. The zero-order chi connectivity index (χ0) is 21.8. The van der Waals surface area contributed by atoms with E-state index in [1.54, 1.807) is 38.3 Å². The third-order valence-corrected chi connectivity index (χ3v) is 4.66. The maximum absolute atomic E-state index is 13.2. The Balaban J connectivity index is 2.27. The second-order valence-corrected chi connectivity index (χ2v) is 6.98. The topological polar surface area (TPSA) is 76.7 Å². The number of benzene rings is 2. The molecule has 0 saturated heterocycles. The van der Waals surface area contributed by atoms with Crippen molar-refractivity contribution in [1.29, 1.82) is 0 Å². The number of esters is 1. The Morgan fingerprint density at radius 2 is 1.77 bits per heavy atom. The number of para-hydroxylation sites is 1. The highest BCUT2D eigenvalue weighted by molar-refractivity contribution is 6.10. The highest BCUT2D eigenvalue weighted by atomic mass is 16.5. The number of carbonyl (C=O) groups is 2. The molecule has 2 aromatic carbocycles. The fraction of sp³-hybridized carbons (Fsp3) is 0.417. The van der Waals surface area contributed by atoms with Crippen molar-refractivity contribution >= 4 is 23.3 Å². The molecule has 6 heteroatoms. The molecule has 0 spiro atoms. The lowest BCUT2D eigenvalue weighted by Gasteiger charge is -2.15. The van der Waals surface area contributed by atoms with Crippen molar-refractivity contribution in [2.24, 2.45) is 0 Å². The van der Waals surface area contributed by atoms with Crippen LogP contribution >= 0.6 is 0 Å². The first-order chi connectivity index (χ1) is 14.6. The molecule has 0 aliphatic carbocycles. The molecule has 0 fully saturated rings. The van der Waals surface area contributed by atoms with Crippen molar-refractivity contribution in [3.63, 3.8) is 0 Å². The standard InChI is InChI=1S/C24H32N2O4/c1-4-6-15-25-21-14-13-18(10-9-16-29-3)17-20(21)23(27)26-22-12-8-7-11-19(22)24(28)30-5-2/h7-8,11-14,17,25H,4-6,9-10,15-16H2,1-3H3,(H,26,27). The number of nitrogens with one attached hydrogen (secondary N) is 2. The largest absolute Gasteiger partial charge is 0.462 e. The van der Waals surface area contributed by atoms with Gasteiger partial charge in [-0.2, -0.15) is 0 Å². The smallest absolute Gasteiger partial charge is 0.340 e. The van der Waals surface area contributed by atoms with E-state index in [4.69, 9.17) is 9.47 Å². The average molecular weight is 413 g/mol. The van der Waals surface area contributed by atoms with Crippen molar-refractivity contribution in [2.75, 3.05) is 37.5 Å². The van der Waals surface area contributed by atoms with E-state index in [-0.39, 0.29) is 12.5 Å². The van der Waals surface area contributed by atoms with E-state index >= 15 is 0 Å². The highest BCUT2D eigenvalue weighted by Gasteiger charge is 2.17. The number of aryl methyl sites for hydroxylation is 1. The molecule has 0 aliphatic rings. The van der Waals surface area contributed by atoms with E-state index in [0.29, 0.717) is 23.4 Å². The fourth-order valence-electron chi connectivity index (χ4n) is 3.08. The molecule has 1 amide bonds. The minimum atomic E-state index is -0.456. The van der Waals surface area contributed by atoms with E-state index in [2.05, 4.69) is 17.6 Å². The third-order valence-electron chi connectivity index (χ3n) is 4.66. The number of hydrogen-bond acceptors (Lipinski definition) is 5. The molecule has 0 heterocycles. The zero-order valence-corrected chi connectivity index (χ0v) is 18.1. The van der Waals surface area contributed by atoms with Gasteiger partial charge in [0.2, 0.25) is 0 Å². The number of unbranched alkanes of at least 4 members (excludes halogenated alkanes) is 1. The van der Waals surface area contributed by atoms with Gasteiger partial charge in [-0.1, -0.05) is 31.5 Å². The van der Waals surface area contributed by atoms with Crippen molar-refractivity contribution in [3.05, 3.63) is 59.2 Å². The van der Waals surface area contributed by atoms with Crippen LogP contribution in [0.1, 0.15) is 59.4 Å². The molecule has 2 aromatic rings. The van der Waals surface area contributed by atoms with Crippen LogP contribution in [0.2, 0.25) is 0 Å². The Morgan fingerprint density at radius 1 is 0.967 bits per heavy atom. The van der Waals surface area contributed by atoms with Crippen molar-refractivity contribution in [1.82, 2.24) is 0 Å². The van der Waals surface area contributed by atoms with Gasteiger partial charge in [0.15, 0.2) is 0 Å². The summed E-state index contributed by atoms with van der Waals surface area (Å²) in [5, 5.41) is 6.24. The SMILES string of the molecule is CCCCNc1ccc(CCCOC)cc1C(=O)Nc1ccccc1C(=O)OCC. The maximum atomic E-state index is 13.2. The quantitative estimate of drug-likeness (QED) is 0.383. The summed E-state index contributed by atoms with van der Waals surface area (Å²) >= 11 is 0. The van der Waals surface area contributed by atoms with Crippen LogP contribution < -0.4 is 10.6 Å². The first-order valence-corrected chi connectivity index (χ1v) is 10.5. The third kappa shape index (κ3) is 6.88. The number of methoxy groups -OCH3 is 1. The predicted octanol–water partition coefficient (Wildman–Crippen LogP) is 4.91. The number of anilines is 2. The van der Waals surface area contributed by atoms with Gasteiger partial charge in [0, 0.05) is 25.9 Å². The highest BCUT2D eigenvalue weighted by Crippen LogP contribution is 2.23. The molecule has 2 rings (SSSR count). The number of hydrogen-bond donors (Lipinski definition) is 2. The number of rotatable bonds is 12. The van der Waals surface area contributed by atoms with Gasteiger partial charge in [-0.15, -0.1) is 0 Å². The Hall–Kier alpha value is -2.86. The fourth-order valence-corrected chi connectivity index (χ4v) is 3.08. The van der Waals surface area contributed by atoms with Gasteiger partial charge in [-0.3, -0.25) is 4.79 Å². The summed E-state index contributed by atoms with van der Waals surface area (Å²) in [7, 11) is 1.68. The van der Waals surface area contributed by atoms with Gasteiger partial charge in [0.05, 0.1) is 23.4 Å². The molecule has 0 aliphatic heterocycles. The van der Waals surface area contributed by atoms with Gasteiger partial charge in [-0.25, -0.2) is 4.79 Å². The molecule has 162 valence electrons. The van der Waals surface area contributed by atoms with Gasteiger partial charge in [0.1, 0.15) is 0 Å². The lowest BCUT2D eigenvalue weighted by molar-refractivity contribution is 0.0527. The van der Waals surface area contributed by atoms with Crippen LogP contribution in [-0.2, 0) is 15.9 Å². The summed E-state index contributed by atoms with van der Waals surface area (Å²) in [5.74, 6) is -0.720. The minimum Gasteiger partial charge on any atom is -0.462 e. The molecule has 0 bridgehead atoms. The van der Waals surface area contributed by atoms with Crippen LogP contribution in [0.25, 0.3) is 0 Å². The summed E-state index contributed by atoms with van der Waals surface area (Å²) in [4.78, 5) is 25.4. The molecular formula is C24H32N2O4. The van der Waals surface area contributed by atoms with Crippen LogP contribution in [0, 0.1) is 0 Å². The lowest BCUT2D eigenvalue weighted by Crippen LogP contribution is -2.18. The van der Waals surface area contributed by atoms with Crippen LogP contribution in [0.3, 0.4) is 0 Å². The molecule has 0 unspecified atom stereocenters. The first kappa shape index (κ1) is 23.4. The molecule has 30 heavy (non-hydrogen) atoms. The van der Waals surface area contributed by atoms with E-state index in [1.807, 2.05) is 18.2 Å². The van der Waals surface area contributed by atoms with Crippen molar-refractivity contribution in [3.8, 4) is 0 Å². The van der Waals surface area contributed by atoms with Crippen LogP contribution in [0.15, 0.2) is 42.5 Å². The lowest BCUT2D eigenvalue weighted by atomic mass is 10.0. The molecule has 0 atom stereocenters. The minimum absolute atomic E-state index is 0.265. The van der Waals surface area contributed by atoms with E-state index in [0.717, 1.165) is 43.5 Å². The Morgan fingerprint density at radius 3 is 2.50 bits per heavy atom. The van der Waals surface area contributed by atoms with Gasteiger partial charge < -0.3 is 20.1 Å². The van der Waals surface area contributed by atoms with Crippen LogP contribution in [0.5, 0.6) is 0 Å². The van der Waals surface area contributed by atoms with Crippen LogP contribution in [-0.4, -0.2) is 38.7 Å². The summed E-state index contributed by atoms with van der Waals surface area (Å²) in [5.41, 5.74) is 3.18. The number of ether oxygens (including phenoxy) is 2. The van der Waals surface area contributed by atoms with Gasteiger partial charge in [-0.05, 0) is 56.0 Å². The number of amides is 1. The first-order valence-electron chi connectivity index (χ1n) is 10.5. The average Bonchev–Trinajstić information content (AvgIpc) is 2.75. The van der Waals surface area contributed by atoms with E-state index < -0.39 is 5.97 Å². The Kier molecular flexibility index (Phi) is 9.87. The van der Waals surface area contributed by atoms with Crippen molar-refractivity contribution < 1.29 is 19.1 Å².